The van der Waals surface area contributed by atoms with Gasteiger partial charge in [0.05, 0.1) is 26.2 Å². The van der Waals surface area contributed by atoms with Gasteiger partial charge in [0, 0.05) is 12.8 Å². The summed E-state index contributed by atoms with van der Waals surface area (Å²) in [6, 6.07) is 9.13. The summed E-state index contributed by atoms with van der Waals surface area (Å²) in [5, 5.41) is 0. The molecule has 0 saturated heterocycles. The number of nitrogens with two attached hydrogens (primary N) is 1. The molecule has 0 bridgehead atoms. The van der Waals surface area contributed by atoms with Gasteiger partial charge in [-0.15, -0.1) is 0 Å². The van der Waals surface area contributed by atoms with E-state index in [1.54, 1.807) is 0 Å². The van der Waals surface area contributed by atoms with Crippen LogP contribution in [0.3, 0.4) is 0 Å². The number of hydrogen-bond acceptors (Lipinski definition) is 6. The minimum absolute atomic E-state index is 0.109. The first-order valence-electron chi connectivity index (χ1n) is 8.44. The maximum atomic E-state index is 12.1. The van der Waals surface area contributed by atoms with E-state index in [4.69, 9.17) is 10.5 Å². The number of aryl methyl sites for hydroxylation is 1. The van der Waals surface area contributed by atoms with Crippen molar-refractivity contribution in [1.82, 2.24) is 0 Å². The molecule has 0 aliphatic heterocycles. The standard InChI is InChI=1S/C19H27NO5/c1-24-18(22)13-11-16(20)17(21)12-10-15(19(23)25-2)9-8-14-6-4-3-5-7-14/h3-7,15-16H,8-13,20H2,1-2H3. The molecular weight excluding hydrogens is 322 g/mol. The number of methoxy groups -OCH3 is 2. The zero-order valence-electron chi connectivity index (χ0n) is 14.9. The molecule has 0 saturated carbocycles. The maximum absolute atomic E-state index is 12.1. The van der Waals surface area contributed by atoms with Crippen LogP contribution in [0, 0.1) is 5.92 Å². The molecule has 0 aliphatic carbocycles. The smallest absolute Gasteiger partial charge is 0.308 e. The van der Waals surface area contributed by atoms with Gasteiger partial charge in [-0.3, -0.25) is 14.4 Å². The second-order valence-corrected chi connectivity index (χ2v) is 5.97. The molecule has 0 aliphatic rings. The Bertz CT molecular complexity index is 558. The molecule has 0 aromatic heterocycles. The molecule has 1 aromatic rings. The number of ether oxygens (including phenoxy) is 2. The molecule has 2 N–H and O–H groups in total. The second kappa shape index (κ2) is 11.4. The fourth-order valence-electron chi connectivity index (χ4n) is 2.57. The third-order valence-corrected chi connectivity index (χ3v) is 4.20. The van der Waals surface area contributed by atoms with E-state index < -0.39 is 12.0 Å². The predicted molar refractivity (Wildman–Crippen MR) is 93.7 cm³/mol. The van der Waals surface area contributed by atoms with Crippen molar-refractivity contribution in [2.24, 2.45) is 11.7 Å². The number of rotatable bonds is 11. The Morgan fingerprint density at radius 1 is 0.960 bits per heavy atom. The molecule has 2 atom stereocenters. The topological polar surface area (TPSA) is 95.7 Å². The normalized spacial score (nSPS) is 12.9. The van der Waals surface area contributed by atoms with Crippen LogP contribution in [0.25, 0.3) is 0 Å². The van der Waals surface area contributed by atoms with E-state index >= 15 is 0 Å². The van der Waals surface area contributed by atoms with E-state index in [9.17, 15) is 14.4 Å². The van der Waals surface area contributed by atoms with Gasteiger partial charge in [-0.25, -0.2) is 0 Å². The summed E-state index contributed by atoms with van der Waals surface area (Å²) < 4.78 is 9.38. The highest BCUT2D eigenvalue weighted by Gasteiger charge is 2.22. The Balaban J connectivity index is 2.47. The highest BCUT2D eigenvalue weighted by atomic mass is 16.5. The molecule has 0 amide bonds. The van der Waals surface area contributed by atoms with Crippen molar-refractivity contribution in [1.29, 1.82) is 0 Å². The number of hydrogen-bond donors (Lipinski definition) is 1. The summed E-state index contributed by atoms with van der Waals surface area (Å²) in [5.74, 6) is -1.20. The Morgan fingerprint density at radius 3 is 2.24 bits per heavy atom. The third kappa shape index (κ3) is 7.94. The summed E-state index contributed by atoms with van der Waals surface area (Å²) in [5.41, 5.74) is 6.94. The van der Waals surface area contributed by atoms with Crippen LogP contribution in [-0.2, 0) is 30.3 Å². The number of benzene rings is 1. The number of carbonyl (C=O) groups is 3. The summed E-state index contributed by atoms with van der Waals surface area (Å²) >= 11 is 0. The molecule has 138 valence electrons. The van der Waals surface area contributed by atoms with Crippen molar-refractivity contribution in [2.45, 2.75) is 44.6 Å². The van der Waals surface area contributed by atoms with Gasteiger partial charge < -0.3 is 15.2 Å². The van der Waals surface area contributed by atoms with E-state index in [2.05, 4.69) is 4.74 Å². The molecule has 0 radical (unpaired) electrons. The van der Waals surface area contributed by atoms with Crippen molar-refractivity contribution < 1.29 is 23.9 Å². The van der Waals surface area contributed by atoms with Crippen molar-refractivity contribution >= 4 is 17.7 Å². The summed E-state index contributed by atoms with van der Waals surface area (Å²) in [7, 11) is 2.64. The lowest BCUT2D eigenvalue weighted by molar-refractivity contribution is -0.146. The first-order chi connectivity index (χ1) is 12.0. The molecule has 0 spiro atoms. The maximum Gasteiger partial charge on any atom is 0.308 e. The zero-order chi connectivity index (χ0) is 18.7. The quantitative estimate of drug-likeness (QED) is 0.614. The fraction of sp³-hybridized carbons (Fsp3) is 0.526. The van der Waals surface area contributed by atoms with E-state index in [0.717, 1.165) is 12.0 Å². The summed E-state index contributed by atoms with van der Waals surface area (Å²) in [4.78, 5) is 35.2. The predicted octanol–water partition coefficient (Wildman–Crippen LogP) is 2.04. The largest absolute Gasteiger partial charge is 0.469 e. The summed E-state index contributed by atoms with van der Waals surface area (Å²) in [6.07, 6.45) is 2.29. The van der Waals surface area contributed by atoms with Gasteiger partial charge in [0.25, 0.3) is 0 Å². The Labute approximate surface area is 148 Å². The van der Waals surface area contributed by atoms with Gasteiger partial charge >= 0.3 is 11.9 Å². The SMILES string of the molecule is COC(=O)CCC(N)C(=O)CCC(CCc1ccccc1)C(=O)OC. The highest BCUT2D eigenvalue weighted by Crippen LogP contribution is 2.18. The van der Waals surface area contributed by atoms with Crippen molar-refractivity contribution in [2.75, 3.05) is 14.2 Å². The first-order valence-corrected chi connectivity index (χ1v) is 8.44. The summed E-state index contributed by atoms with van der Waals surface area (Å²) in [6.45, 7) is 0. The molecule has 1 rings (SSSR count). The van der Waals surface area contributed by atoms with Gasteiger partial charge in [0.2, 0.25) is 0 Å². The molecule has 6 nitrogen and oxygen atoms in total. The van der Waals surface area contributed by atoms with Crippen LogP contribution >= 0.6 is 0 Å². The molecule has 1 aromatic carbocycles. The van der Waals surface area contributed by atoms with Gasteiger partial charge in [-0.1, -0.05) is 30.3 Å². The minimum Gasteiger partial charge on any atom is -0.469 e. The monoisotopic (exact) mass is 349 g/mol. The van der Waals surface area contributed by atoms with Crippen LogP contribution in [0.15, 0.2) is 30.3 Å². The first kappa shape index (κ1) is 20.8. The minimum atomic E-state index is -0.716. The highest BCUT2D eigenvalue weighted by molar-refractivity contribution is 5.85. The third-order valence-electron chi connectivity index (χ3n) is 4.20. The zero-order valence-corrected chi connectivity index (χ0v) is 14.9. The van der Waals surface area contributed by atoms with E-state index in [0.29, 0.717) is 12.8 Å². The van der Waals surface area contributed by atoms with Crippen molar-refractivity contribution in [3.63, 3.8) is 0 Å². The average molecular weight is 349 g/mol. The molecule has 0 fully saturated rings. The number of ketones is 1. The lowest BCUT2D eigenvalue weighted by Gasteiger charge is -2.16. The lowest BCUT2D eigenvalue weighted by atomic mass is 9.92. The molecular formula is C19H27NO5. The van der Waals surface area contributed by atoms with Crippen molar-refractivity contribution in [3.05, 3.63) is 35.9 Å². The van der Waals surface area contributed by atoms with Crippen LogP contribution in [0.4, 0.5) is 0 Å². The van der Waals surface area contributed by atoms with Gasteiger partial charge in [0.15, 0.2) is 0 Å². The van der Waals surface area contributed by atoms with E-state index in [-0.39, 0.29) is 36.9 Å². The van der Waals surface area contributed by atoms with Crippen LogP contribution in [0.2, 0.25) is 0 Å². The van der Waals surface area contributed by atoms with Crippen LogP contribution in [-0.4, -0.2) is 38.0 Å². The lowest BCUT2D eigenvalue weighted by Crippen LogP contribution is -2.32. The molecule has 0 heterocycles. The van der Waals surface area contributed by atoms with Gasteiger partial charge in [0.1, 0.15) is 5.78 Å². The fourth-order valence-corrected chi connectivity index (χ4v) is 2.57. The van der Waals surface area contributed by atoms with Gasteiger partial charge in [-0.2, -0.15) is 0 Å². The van der Waals surface area contributed by atoms with Crippen LogP contribution in [0.1, 0.15) is 37.7 Å². The molecule has 6 heteroatoms. The Kier molecular flexibility index (Phi) is 9.47. The number of carbonyl (C=O) groups excluding carboxylic acids is 3. The average Bonchev–Trinajstić information content (AvgIpc) is 2.65. The Morgan fingerprint density at radius 2 is 1.64 bits per heavy atom. The molecule has 2 unspecified atom stereocenters. The number of esters is 2. The van der Waals surface area contributed by atoms with Crippen LogP contribution in [0.5, 0.6) is 0 Å². The molecule has 25 heavy (non-hydrogen) atoms. The van der Waals surface area contributed by atoms with Crippen molar-refractivity contribution in [3.8, 4) is 0 Å². The van der Waals surface area contributed by atoms with Crippen LogP contribution < -0.4 is 5.73 Å². The Hall–Kier alpha value is -2.21. The van der Waals surface area contributed by atoms with E-state index in [1.165, 1.54) is 14.2 Å². The van der Waals surface area contributed by atoms with E-state index in [1.807, 2.05) is 30.3 Å². The number of Topliss-reactive ketones (excluding diaryl/α,β-unsaturated/α-hetero) is 1. The van der Waals surface area contributed by atoms with Gasteiger partial charge in [-0.05, 0) is 31.2 Å². The second-order valence-electron chi connectivity index (χ2n) is 5.97.